The molecule has 0 aliphatic carbocycles. The van der Waals surface area contributed by atoms with Crippen molar-refractivity contribution in [2.75, 3.05) is 39.3 Å². The summed E-state index contributed by atoms with van der Waals surface area (Å²) in [6, 6.07) is 10.2. The zero-order valence-corrected chi connectivity index (χ0v) is 17.1. The number of hydrogen-bond donors (Lipinski definition) is 0. The summed E-state index contributed by atoms with van der Waals surface area (Å²) in [7, 11) is -4.08. The smallest absolute Gasteiger partial charge is 0.331 e. The number of nitrogens with zero attached hydrogens (tertiary/aromatic N) is 4. The maximum Gasteiger partial charge on any atom is 0.331 e. The lowest BCUT2D eigenvalue weighted by Gasteiger charge is -2.37. The number of benzene rings is 1. The van der Waals surface area contributed by atoms with Gasteiger partial charge in [0.15, 0.2) is 0 Å². The van der Waals surface area contributed by atoms with Crippen LogP contribution in [0.15, 0.2) is 42.1 Å². The molecule has 0 N–H and O–H groups in total. The molecule has 152 valence electrons. The predicted octanol–water partition coefficient (Wildman–Crippen LogP) is 0.644. The highest BCUT2D eigenvalue weighted by Gasteiger charge is 2.45. The van der Waals surface area contributed by atoms with Crippen molar-refractivity contribution in [2.45, 2.75) is 20.4 Å². The third-order valence-electron chi connectivity index (χ3n) is 5.01. The van der Waals surface area contributed by atoms with Crippen LogP contribution < -0.4 is 0 Å². The zero-order valence-electron chi connectivity index (χ0n) is 16.2. The fourth-order valence-electron chi connectivity index (χ4n) is 3.49. The highest BCUT2D eigenvalue weighted by atomic mass is 32.2. The van der Waals surface area contributed by atoms with Gasteiger partial charge >= 0.3 is 10.2 Å². The second-order valence-electron chi connectivity index (χ2n) is 6.79. The van der Waals surface area contributed by atoms with E-state index in [9.17, 15) is 18.0 Å². The summed E-state index contributed by atoms with van der Waals surface area (Å²) >= 11 is 0. The van der Waals surface area contributed by atoms with Crippen molar-refractivity contribution in [1.29, 1.82) is 0 Å². The summed E-state index contributed by atoms with van der Waals surface area (Å²) in [5.41, 5.74) is 1.16. The minimum atomic E-state index is -4.08. The van der Waals surface area contributed by atoms with Crippen LogP contribution in [-0.2, 0) is 26.3 Å². The summed E-state index contributed by atoms with van der Waals surface area (Å²) in [5.74, 6) is -1.49. The lowest BCUT2D eigenvalue weighted by Crippen LogP contribution is -2.56. The van der Waals surface area contributed by atoms with Crippen molar-refractivity contribution >= 4 is 22.0 Å². The molecule has 2 amide bonds. The molecule has 0 bridgehead atoms. The number of amides is 2. The Hall–Kier alpha value is -2.39. The predicted molar refractivity (Wildman–Crippen MR) is 105 cm³/mol. The molecule has 0 radical (unpaired) electrons. The van der Waals surface area contributed by atoms with E-state index in [0.29, 0.717) is 13.1 Å². The fourth-order valence-corrected chi connectivity index (χ4v) is 4.99. The zero-order chi connectivity index (χ0) is 20.3. The van der Waals surface area contributed by atoms with Gasteiger partial charge in [0.25, 0.3) is 11.8 Å². The van der Waals surface area contributed by atoms with E-state index < -0.39 is 22.0 Å². The third-order valence-corrected chi connectivity index (χ3v) is 6.97. The molecule has 3 rings (SSSR count). The van der Waals surface area contributed by atoms with Crippen LogP contribution in [0.25, 0.3) is 0 Å². The highest BCUT2D eigenvalue weighted by Crippen LogP contribution is 2.23. The minimum absolute atomic E-state index is 0.00681. The molecule has 0 unspecified atom stereocenters. The van der Waals surface area contributed by atoms with Crippen LogP contribution in [0.4, 0.5) is 0 Å². The Morgan fingerprint density at radius 3 is 1.93 bits per heavy atom. The lowest BCUT2D eigenvalue weighted by molar-refractivity contribution is -0.131. The van der Waals surface area contributed by atoms with Crippen LogP contribution in [-0.4, -0.2) is 77.9 Å². The summed E-state index contributed by atoms with van der Waals surface area (Å²) in [6.45, 7) is 6.94. The van der Waals surface area contributed by atoms with Gasteiger partial charge in [0, 0.05) is 52.0 Å². The molecule has 2 fully saturated rings. The molecule has 2 aliphatic heterocycles. The number of rotatable bonds is 5. The fraction of sp³-hybridized carbons (Fsp3) is 0.474. The first-order valence-electron chi connectivity index (χ1n) is 9.49. The Kier molecular flexibility index (Phi) is 6.04. The van der Waals surface area contributed by atoms with Gasteiger partial charge in [0.2, 0.25) is 0 Å². The summed E-state index contributed by atoms with van der Waals surface area (Å²) in [5, 5.41) is 0. The Morgan fingerprint density at radius 1 is 0.893 bits per heavy atom. The Bertz CT molecular complexity index is 829. The molecule has 8 nitrogen and oxygen atoms in total. The lowest BCUT2D eigenvalue weighted by atomic mass is 10.2. The van der Waals surface area contributed by atoms with E-state index in [1.54, 1.807) is 13.8 Å². The topological polar surface area (TPSA) is 81.2 Å². The molecule has 1 aromatic carbocycles. The first-order valence-corrected chi connectivity index (χ1v) is 10.9. The molecule has 2 heterocycles. The van der Waals surface area contributed by atoms with E-state index in [4.69, 9.17) is 0 Å². The van der Waals surface area contributed by atoms with Crippen LogP contribution in [0.5, 0.6) is 0 Å². The normalized spacial score (nSPS) is 20.6. The third kappa shape index (κ3) is 3.90. The maximum atomic E-state index is 12.6. The number of carbonyl (C=O) groups excluding carboxylic acids is 2. The second-order valence-corrected chi connectivity index (χ2v) is 8.57. The average Bonchev–Trinajstić information content (AvgIpc) is 2.67. The summed E-state index contributed by atoms with van der Waals surface area (Å²) in [4.78, 5) is 29.5. The molecular formula is C19H26N4O4S. The monoisotopic (exact) mass is 406 g/mol. The minimum Gasteiger partial charge on any atom is -0.374 e. The van der Waals surface area contributed by atoms with E-state index in [-0.39, 0.29) is 18.7 Å². The van der Waals surface area contributed by atoms with Gasteiger partial charge in [-0.25, -0.2) is 8.61 Å². The molecule has 2 aliphatic rings. The van der Waals surface area contributed by atoms with Gasteiger partial charge in [0.1, 0.15) is 5.57 Å². The number of piperazine rings is 1. The molecule has 0 aromatic heterocycles. The highest BCUT2D eigenvalue weighted by molar-refractivity contribution is 7.88. The second kappa shape index (κ2) is 8.32. The molecule has 9 heteroatoms. The number of hydrogen-bond acceptors (Lipinski definition) is 6. The standard InChI is InChI=1S/C19H26N4O4S/c1-3-22-18(24)17(19(25)23(4-2)28(22,26)27)15-21-12-10-20(11-13-21)14-16-8-6-5-7-9-16/h5-9,15H,3-4,10-14H2,1-2H3. The van der Waals surface area contributed by atoms with Gasteiger partial charge in [0.05, 0.1) is 0 Å². The maximum absolute atomic E-state index is 12.6. The van der Waals surface area contributed by atoms with E-state index in [0.717, 1.165) is 28.2 Å². The van der Waals surface area contributed by atoms with Crippen molar-refractivity contribution in [3.63, 3.8) is 0 Å². The molecule has 0 saturated carbocycles. The first-order chi connectivity index (χ1) is 13.4. The van der Waals surface area contributed by atoms with Gasteiger partial charge in [-0.15, -0.1) is 0 Å². The Balaban J connectivity index is 1.71. The largest absolute Gasteiger partial charge is 0.374 e. The van der Waals surface area contributed by atoms with Gasteiger partial charge in [-0.1, -0.05) is 30.3 Å². The summed E-state index contributed by atoms with van der Waals surface area (Å²) in [6.07, 6.45) is 1.53. The van der Waals surface area contributed by atoms with Gasteiger partial charge in [-0.2, -0.15) is 8.42 Å². The van der Waals surface area contributed by atoms with Gasteiger partial charge < -0.3 is 4.90 Å². The van der Waals surface area contributed by atoms with E-state index in [2.05, 4.69) is 17.0 Å². The molecule has 1 aromatic rings. The Labute approximate surface area is 166 Å². The molecular weight excluding hydrogens is 380 g/mol. The Morgan fingerprint density at radius 2 is 1.43 bits per heavy atom. The van der Waals surface area contributed by atoms with Crippen molar-refractivity contribution in [3.05, 3.63) is 47.7 Å². The van der Waals surface area contributed by atoms with Crippen molar-refractivity contribution < 1.29 is 18.0 Å². The van der Waals surface area contributed by atoms with Crippen LogP contribution in [0.3, 0.4) is 0 Å². The van der Waals surface area contributed by atoms with E-state index in [1.165, 1.54) is 11.8 Å². The van der Waals surface area contributed by atoms with E-state index >= 15 is 0 Å². The number of carbonyl (C=O) groups is 2. The van der Waals surface area contributed by atoms with Crippen molar-refractivity contribution in [1.82, 2.24) is 18.4 Å². The SMILES string of the molecule is CCN1C(=O)C(=CN2CCN(Cc3ccccc3)CC2)C(=O)N(CC)S1(=O)=O. The van der Waals surface area contributed by atoms with Crippen molar-refractivity contribution in [3.8, 4) is 0 Å². The first kappa shape index (κ1) is 20.3. The van der Waals surface area contributed by atoms with Crippen molar-refractivity contribution in [2.24, 2.45) is 0 Å². The molecule has 0 atom stereocenters. The van der Waals surface area contributed by atoms with Crippen LogP contribution in [0.2, 0.25) is 0 Å². The van der Waals surface area contributed by atoms with Crippen LogP contribution >= 0.6 is 0 Å². The van der Waals surface area contributed by atoms with Gasteiger partial charge in [-0.3, -0.25) is 14.5 Å². The quantitative estimate of drug-likeness (QED) is 0.527. The van der Waals surface area contributed by atoms with E-state index in [1.807, 2.05) is 23.1 Å². The number of likely N-dealkylation sites (N-methyl/N-ethyl adjacent to an activating group) is 2. The van der Waals surface area contributed by atoms with Crippen LogP contribution in [0.1, 0.15) is 19.4 Å². The van der Waals surface area contributed by atoms with Gasteiger partial charge in [-0.05, 0) is 19.4 Å². The molecule has 0 spiro atoms. The average molecular weight is 407 g/mol. The molecule has 2 saturated heterocycles. The van der Waals surface area contributed by atoms with Crippen LogP contribution in [0, 0.1) is 0 Å². The summed E-state index contributed by atoms with van der Waals surface area (Å²) < 4.78 is 26.3. The molecule has 28 heavy (non-hydrogen) atoms.